The standard InChI is InChI=1S/2C17H18NO2.Pd/c2*1-17(2,3)18(20)16(19)15-11-9-14(10-12-15)13-7-5-4-6-8-13;/h2*4-12H,1-3H3;/q2*-1;+2. The van der Waals surface area contributed by atoms with Gasteiger partial charge < -0.3 is 20.5 Å². The molecular formula is C34H36N2O4Pd. The summed E-state index contributed by atoms with van der Waals surface area (Å²) in [6.07, 6.45) is 0. The van der Waals surface area contributed by atoms with Crippen LogP contribution in [0.3, 0.4) is 0 Å². The zero-order valence-corrected chi connectivity index (χ0v) is 25.8. The SMILES string of the molecule is CC(C)(C)N([O-])C(=O)c1ccc(-c2ccccc2)cc1.CC(C)(C)N([O-])C(=O)c1ccc(-c2ccccc2)cc1.[Pd+2]. The van der Waals surface area contributed by atoms with Crippen LogP contribution in [0, 0.1) is 10.4 Å². The summed E-state index contributed by atoms with van der Waals surface area (Å²) in [6, 6.07) is 34.0. The first kappa shape index (κ1) is 33.6. The molecule has 41 heavy (non-hydrogen) atoms. The van der Waals surface area contributed by atoms with Gasteiger partial charge in [-0.25, -0.2) is 0 Å². The summed E-state index contributed by atoms with van der Waals surface area (Å²) in [6.45, 7) is 10.3. The summed E-state index contributed by atoms with van der Waals surface area (Å²) in [5.41, 5.74) is 3.59. The number of benzene rings is 4. The van der Waals surface area contributed by atoms with Gasteiger partial charge in [0.15, 0.2) is 0 Å². The third-order valence-corrected chi connectivity index (χ3v) is 6.07. The van der Waals surface area contributed by atoms with E-state index in [9.17, 15) is 20.0 Å². The van der Waals surface area contributed by atoms with Gasteiger partial charge in [-0.3, -0.25) is 9.59 Å². The van der Waals surface area contributed by atoms with Crippen molar-refractivity contribution >= 4 is 11.8 Å². The van der Waals surface area contributed by atoms with E-state index in [2.05, 4.69) is 0 Å². The van der Waals surface area contributed by atoms with E-state index in [0.29, 0.717) is 21.3 Å². The Kier molecular flexibility index (Phi) is 11.8. The van der Waals surface area contributed by atoms with Gasteiger partial charge in [0.2, 0.25) is 11.8 Å². The monoisotopic (exact) mass is 642 g/mol. The van der Waals surface area contributed by atoms with E-state index in [0.717, 1.165) is 22.3 Å². The Labute approximate surface area is 256 Å². The van der Waals surface area contributed by atoms with Crippen molar-refractivity contribution in [1.29, 1.82) is 0 Å². The van der Waals surface area contributed by atoms with Gasteiger partial charge in [0, 0.05) is 22.2 Å². The molecule has 4 rings (SSSR count). The Morgan fingerprint density at radius 1 is 0.463 bits per heavy atom. The smallest absolute Gasteiger partial charge is 0.756 e. The molecule has 0 aliphatic rings. The summed E-state index contributed by atoms with van der Waals surface area (Å²) in [5.74, 6) is -1.01. The van der Waals surface area contributed by atoms with E-state index >= 15 is 0 Å². The Morgan fingerprint density at radius 2 is 0.707 bits per heavy atom. The first-order chi connectivity index (χ1) is 18.8. The third kappa shape index (κ3) is 9.21. The minimum Gasteiger partial charge on any atom is -0.756 e. The molecule has 0 aliphatic carbocycles. The van der Waals surface area contributed by atoms with Gasteiger partial charge in [0.05, 0.1) is 0 Å². The van der Waals surface area contributed by atoms with Gasteiger partial charge in [0.1, 0.15) is 0 Å². The van der Waals surface area contributed by atoms with Crippen molar-refractivity contribution in [2.24, 2.45) is 0 Å². The molecule has 216 valence electrons. The third-order valence-electron chi connectivity index (χ3n) is 6.07. The molecule has 0 heterocycles. The van der Waals surface area contributed by atoms with Gasteiger partial charge in [0.25, 0.3) is 0 Å². The zero-order valence-electron chi connectivity index (χ0n) is 24.2. The predicted molar refractivity (Wildman–Crippen MR) is 162 cm³/mol. The number of hydrogen-bond acceptors (Lipinski definition) is 4. The van der Waals surface area contributed by atoms with Gasteiger partial charge in [-0.1, -0.05) is 84.9 Å². The number of hydroxylamine groups is 4. The topological polar surface area (TPSA) is 86.7 Å². The Hall–Kier alpha value is -3.60. The summed E-state index contributed by atoms with van der Waals surface area (Å²) in [7, 11) is 0. The molecule has 0 bridgehead atoms. The summed E-state index contributed by atoms with van der Waals surface area (Å²) < 4.78 is 0. The second kappa shape index (κ2) is 14.3. The number of amides is 2. The summed E-state index contributed by atoms with van der Waals surface area (Å²) in [4.78, 5) is 24.1. The van der Waals surface area contributed by atoms with Crippen LogP contribution in [-0.4, -0.2) is 33.0 Å². The molecule has 2 amide bonds. The molecule has 0 unspecified atom stereocenters. The minimum atomic E-state index is -0.727. The molecule has 0 spiro atoms. The van der Waals surface area contributed by atoms with E-state index < -0.39 is 22.9 Å². The number of rotatable bonds is 4. The Bertz CT molecular complexity index is 1280. The Morgan fingerprint density at radius 3 is 0.951 bits per heavy atom. The first-order valence-corrected chi connectivity index (χ1v) is 13.1. The van der Waals surface area contributed by atoms with E-state index in [1.807, 2.05) is 84.9 Å². The van der Waals surface area contributed by atoms with Crippen LogP contribution < -0.4 is 0 Å². The van der Waals surface area contributed by atoms with Crippen LogP contribution in [0.2, 0.25) is 0 Å². The maximum absolute atomic E-state index is 12.1. The normalized spacial score (nSPS) is 10.9. The zero-order chi connectivity index (χ0) is 29.5. The quantitative estimate of drug-likeness (QED) is 0.166. The van der Waals surface area contributed by atoms with E-state index in [4.69, 9.17) is 0 Å². The van der Waals surface area contributed by atoms with Crippen molar-refractivity contribution < 1.29 is 30.0 Å². The molecule has 0 saturated carbocycles. The molecule has 0 atom stereocenters. The molecular weight excluding hydrogens is 607 g/mol. The fourth-order valence-corrected chi connectivity index (χ4v) is 3.72. The van der Waals surface area contributed by atoms with Crippen molar-refractivity contribution in [1.82, 2.24) is 10.1 Å². The van der Waals surface area contributed by atoms with Gasteiger partial charge >= 0.3 is 20.4 Å². The minimum absolute atomic E-state index is 0. The molecule has 4 aromatic carbocycles. The molecule has 0 radical (unpaired) electrons. The fourth-order valence-electron chi connectivity index (χ4n) is 3.72. The van der Waals surface area contributed by atoms with Crippen LogP contribution >= 0.6 is 0 Å². The average Bonchev–Trinajstić information content (AvgIpc) is 2.96. The molecule has 0 aliphatic heterocycles. The van der Waals surface area contributed by atoms with Crippen molar-refractivity contribution in [3.63, 3.8) is 0 Å². The van der Waals surface area contributed by atoms with Crippen LogP contribution in [0.25, 0.3) is 22.3 Å². The number of carbonyl (C=O) groups excluding carboxylic acids is 2. The average molecular weight is 643 g/mol. The molecule has 0 N–H and O–H groups in total. The second-order valence-electron chi connectivity index (χ2n) is 11.4. The van der Waals surface area contributed by atoms with E-state index in [-0.39, 0.29) is 20.4 Å². The molecule has 4 aromatic rings. The van der Waals surface area contributed by atoms with Crippen LogP contribution in [0.15, 0.2) is 109 Å². The van der Waals surface area contributed by atoms with E-state index in [1.165, 1.54) is 0 Å². The van der Waals surface area contributed by atoms with E-state index in [1.54, 1.807) is 65.8 Å². The molecule has 6 nitrogen and oxygen atoms in total. The largest absolute Gasteiger partial charge is 2.00 e. The van der Waals surface area contributed by atoms with Crippen LogP contribution in [0.4, 0.5) is 0 Å². The predicted octanol–water partition coefficient (Wildman–Crippen LogP) is 8.18. The van der Waals surface area contributed by atoms with Crippen LogP contribution in [0.1, 0.15) is 62.3 Å². The van der Waals surface area contributed by atoms with Crippen molar-refractivity contribution in [3.05, 3.63) is 131 Å². The molecule has 0 fully saturated rings. The molecule has 0 aromatic heterocycles. The number of hydrogen-bond donors (Lipinski definition) is 0. The summed E-state index contributed by atoms with van der Waals surface area (Å²) >= 11 is 0. The van der Waals surface area contributed by atoms with Gasteiger partial charge in [-0.15, -0.1) is 0 Å². The summed E-state index contributed by atoms with van der Waals surface area (Å²) in [5, 5.41) is 24.8. The Balaban J connectivity index is 0.000000280. The fraction of sp³-hybridized carbons (Fsp3) is 0.235. The van der Waals surface area contributed by atoms with Crippen LogP contribution in [-0.2, 0) is 20.4 Å². The van der Waals surface area contributed by atoms with Crippen molar-refractivity contribution in [3.8, 4) is 22.3 Å². The van der Waals surface area contributed by atoms with Gasteiger partial charge in [-0.2, -0.15) is 0 Å². The maximum Gasteiger partial charge on any atom is 2.00 e. The molecule has 7 heteroatoms. The van der Waals surface area contributed by atoms with Crippen LogP contribution in [0.5, 0.6) is 0 Å². The van der Waals surface area contributed by atoms with Crippen molar-refractivity contribution in [2.45, 2.75) is 52.6 Å². The first-order valence-electron chi connectivity index (χ1n) is 13.1. The molecule has 0 saturated heterocycles. The van der Waals surface area contributed by atoms with Crippen molar-refractivity contribution in [2.75, 3.05) is 0 Å². The maximum atomic E-state index is 12.1. The second-order valence-corrected chi connectivity index (χ2v) is 11.4. The van der Waals surface area contributed by atoms with Gasteiger partial charge in [-0.05, 0) is 88.1 Å². The number of nitrogens with zero attached hydrogens (tertiary/aromatic N) is 2. The number of carbonyl (C=O) groups is 2.